The van der Waals surface area contributed by atoms with Crippen LogP contribution in [0.5, 0.6) is 5.75 Å². The maximum Gasteiger partial charge on any atom is 0.123 e. The molecular formula is C18H21ClN2O. The van der Waals surface area contributed by atoms with Gasteiger partial charge in [-0.2, -0.15) is 0 Å². The van der Waals surface area contributed by atoms with Crippen molar-refractivity contribution in [3.05, 3.63) is 64.7 Å². The Morgan fingerprint density at radius 3 is 2.91 bits per heavy atom. The molecule has 2 atom stereocenters. The minimum Gasteiger partial charge on any atom is -0.496 e. The predicted molar refractivity (Wildman–Crippen MR) is 90.4 cm³/mol. The highest BCUT2D eigenvalue weighted by atomic mass is 35.5. The molecule has 1 aliphatic rings. The minimum atomic E-state index is 0.299. The smallest absolute Gasteiger partial charge is 0.123 e. The van der Waals surface area contributed by atoms with Gasteiger partial charge in [0.05, 0.1) is 7.11 Å². The summed E-state index contributed by atoms with van der Waals surface area (Å²) in [6, 6.07) is 16.9. The molecule has 0 bridgehead atoms. The quantitative estimate of drug-likeness (QED) is 0.885. The van der Waals surface area contributed by atoms with Gasteiger partial charge in [-0.15, -0.1) is 0 Å². The molecule has 2 unspecified atom stereocenters. The van der Waals surface area contributed by atoms with Gasteiger partial charge >= 0.3 is 0 Å². The maximum absolute atomic E-state index is 6.12. The molecule has 3 rings (SSSR count). The highest BCUT2D eigenvalue weighted by Gasteiger charge is 2.27. The van der Waals surface area contributed by atoms with Gasteiger partial charge in [-0.1, -0.05) is 41.9 Å². The lowest BCUT2D eigenvalue weighted by atomic mass is 10.0. The van der Waals surface area contributed by atoms with E-state index in [2.05, 4.69) is 22.8 Å². The molecule has 1 heterocycles. The molecule has 0 saturated carbocycles. The number of rotatable bonds is 5. The van der Waals surface area contributed by atoms with E-state index >= 15 is 0 Å². The van der Waals surface area contributed by atoms with E-state index in [1.54, 1.807) is 7.11 Å². The topological polar surface area (TPSA) is 33.3 Å². The molecular weight excluding hydrogens is 296 g/mol. The van der Waals surface area contributed by atoms with E-state index in [4.69, 9.17) is 16.3 Å². The number of methoxy groups -OCH3 is 1. The van der Waals surface area contributed by atoms with Crippen LogP contribution in [-0.4, -0.2) is 19.7 Å². The summed E-state index contributed by atoms with van der Waals surface area (Å²) >= 11 is 6.12. The number of halogens is 1. The van der Waals surface area contributed by atoms with E-state index in [1.807, 2.05) is 36.4 Å². The van der Waals surface area contributed by atoms with E-state index < -0.39 is 0 Å². The lowest BCUT2D eigenvalue weighted by Gasteiger charge is -2.22. The van der Waals surface area contributed by atoms with Gasteiger partial charge in [0.15, 0.2) is 0 Å². The van der Waals surface area contributed by atoms with Crippen molar-refractivity contribution in [2.45, 2.75) is 25.0 Å². The SMILES string of the molecule is COc1ccccc1CNC1CCNC1c1cccc(Cl)c1. The monoisotopic (exact) mass is 316 g/mol. The molecule has 116 valence electrons. The normalized spacial score (nSPS) is 21.0. The van der Waals surface area contributed by atoms with Crippen molar-refractivity contribution < 1.29 is 4.74 Å². The van der Waals surface area contributed by atoms with Crippen LogP contribution < -0.4 is 15.4 Å². The first-order valence-electron chi connectivity index (χ1n) is 7.62. The Morgan fingerprint density at radius 2 is 2.09 bits per heavy atom. The minimum absolute atomic E-state index is 0.299. The van der Waals surface area contributed by atoms with Gasteiger partial charge in [-0.25, -0.2) is 0 Å². The van der Waals surface area contributed by atoms with Gasteiger partial charge in [-0.05, 0) is 36.7 Å². The van der Waals surface area contributed by atoms with E-state index in [0.29, 0.717) is 12.1 Å². The molecule has 0 amide bonds. The first-order valence-corrected chi connectivity index (χ1v) is 8.00. The molecule has 0 spiro atoms. The number of hydrogen-bond donors (Lipinski definition) is 2. The van der Waals surface area contributed by atoms with Crippen molar-refractivity contribution in [3.63, 3.8) is 0 Å². The zero-order chi connectivity index (χ0) is 15.4. The summed E-state index contributed by atoms with van der Waals surface area (Å²) in [4.78, 5) is 0. The first kappa shape index (κ1) is 15.3. The second-order valence-electron chi connectivity index (χ2n) is 5.57. The first-order chi connectivity index (χ1) is 10.8. The molecule has 3 nitrogen and oxygen atoms in total. The van der Waals surface area contributed by atoms with Crippen molar-refractivity contribution in [1.29, 1.82) is 0 Å². The molecule has 2 N–H and O–H groups in total. The predicted octanol–water partition coefficient (Wildman–Crippen LogP) is 3.54. The van der Waals surface area contributed by atoms with Crippen LogP contribution in [-0.2, 0) is 6.54 Å². The average molecular weight is 317 g/mol. The fourth-order valence-corrected chi connectivity index (χ4v) is 3.26. The summed E-state index contributed by atoms with van der Waals surface area (Å²) in [7, 11) is 1.71. The van der Waals surface area contributed by atoms with E-state index in [1.165, 1.54) is 11.1 Å². The Bertz CT molecular complexity index is 632. The van der Waals surface area contributed by atoms with Gasteiger partial charge in [0, 0.05) is 29.2 Å². The van der Waals surface area contributed by atoms with Crippen LogP contribution in [0.15, 0.2) is 48.5 Å². The molecule has 4 heteroatoms. The number of benzene rings is 2. The summed E-state index contributed by atoms with van der Waals surface area (Å²) in [6.45, 7) is 1.81. The summed E-state index contributed by atoms with van der Waals surface area (Å²) in [6.07, 6.45) is 1.10. The third kappa shape index (κ3) is 3.43. The molecule has 2 aromatic carbocycles. The molecule has 22 heavy (non-hydrogen) atoms. The molecule has 2 aromatic rings. The summed E-state index contributed by atoms with van der Waals surface area (Å²) in [5, 5.41) is 8.00. The molecule has 1 aliphatic heterocycles. The fourth-order valence-electron chi connectivity index (χ4n) is 3.06. The molecule has 0 aromatic heterocycles. The maximum atomic E-state index is 6.12. The number of ether oxygens (including phenoxy) is 1. The Labute approximate surface area is 136 Å². The van der Waals surface area contributed by atoms with E-state index in [9.17, 15) is 0 Å². The van der Waals surface area contributed by atoms with Crippen LogP contribution in [0.4, 0.5) is 0 Å². The van der Waals surface area contributed by atoms with Crippen LogP contribution in [0.3, 0.4) is 0 Å². The lowest BCUT2D eigenvalue weighted by molar-refractivity contribution is 0.401. The standard InChI is InChI=1S/C18H21ClN2O/c1-22-17-8-3-2-5-14(17)12-21-16-9-10-20-18(16)13-6-4-7-15(19)11-13/h2-8,11,16,18,20-21H,9-10,12H2,1H3. The largest absolute Gasteiger partial charge is 0.496 e. The second kappa shape index (κ2) is 7.14. The van der Waals surface area contributed by atoms with Crippen molar-refractivity contribution in [3.8, 4) is 5.75 Å². The number of nitrogens with one attached hydrogen (secondary N) is 2. The van der Waals surface area contributed by atoms with Crippen LogP contribution in [0.1, 0.15) is 23.6 Å². The number of para-hydroxylation sites is 1. The highest BCUT2D eigenvalue weighted by Crippen LogP contribution is 2.26. The van der Waals surface area contributed by atoms with E-state index in [0.717, 1.165) is 30.3 Å². The fraction of sp³-hybridized carbons (Fsp3) is 0.333. The van der Waals surface area contributed by atoms with Crippen LogP contribution in [0.2, 0.25) is 5.02 Å². The van der Waals surface area contributed by atoms with Crippen LogP contribution >= 0.6 is 11.6 Å². The third-order valence-corrected chi connectivity index (χ3v) is 4.41. The molecule has 1 saturated heterocycles. The van der Waals surface area contributed by atoms with Gasteiger partial charge in [0.25, 0.3) is 0 Å². The van der Waals surface area contributed by atoms with Gasteiger partial charge in [0.1, 0.15) is 5.75 Å². The molecule has 0 aliphatic carbocycles. The van der Waals surface area contributed by atoms with Crippen molar-refractivity contribution in [1.82, 2.24) is 10.6 Å². The Kier molecular flexibility index (Phi) is 4.98. The van der Waals surface area contributed by atoms with Crippen LogP contribution in [0.25, 0.3) is 0 Å². The molecule has 0 radical (unpaired) electrons. The van der Waals surface area contributed by atoms with Crippen molar-refractivity contribution >= 4 is 11.6 Å². The molecule has 1 fully saturated rings. The highest BCUT2D eigenvalue weighted by molar-refractivity contribution is 6.30. The summed E-state index contributed by atoms with van der Waals surface area (Å²) < 4.78 is 5.41. The second-order valence-corrected chi connectivity index (χ2v) is 6.01. The zero-order valence-corrected chi connectivity index (χ0v) is 13.4. The third-order valence-electron chi connectivity index (χ3n) is 4.18. The van der Waals surface area contributed by atoms with Gasteiger partial charge < -0.3 is 15.4 Å². The summed E-state index contributed by atoms with van der Waals surface area (Å²) in [5.74, 6) is 0.931. The van der Waals surface area contributed by atoms with Gasteiger partial charge in [0.2, 0.25) is 0 Å². The Hall–Kier alpha value is -1.55. The Balaban J connectivity index is 1.69. The van der Waals surface area contributed by atoms with Gasteiger partial charge in [-0.3, -0.25) is 0 Å². The van der Waals surface area contributed by atoms with Crippen molar-refractivity contribution in [2.24, 2.45) is 0 Å². The van der Waals surface area contributed by atoms with E-state index in [-0.39, 0.29) is 0 Å². The van der Waals surface area contributed by atoms with Crippen LogP contribution in [0, 0.1) is 0 Å². The number of hydrogen-bond acceptors (Lipinski definition) is 3. The average Bonchev–Trinajstić information content (AvgIpc) is 3.01. The Morgan fingerprint density at radius 1 is 1.23 bits per heavy atom. The lowest BCUT2D eigenvalue weighted by Crippen LogP contribution is -2.34. The zero-order valence-electron chi connectivity index (χ0n) is 12.7. The summed E-state index contributed by atoms with van der Waals surface area (Å²) in [5.41, 5.74) is 2.42. The van der Waals surface area contributed by atoms with Crippen molar-refractivity contribution in [2.75, 3.05) is 13.7 Å².